The Kier molecular flexibility index (Phi) is 4.94. The van der Waals surface area contributed by atoms with E-state index in [9.17, 15) is 4.79 Å². The monoisotopic (exact) mass is 354 g/mol. The van der Waals surface area contributed by atoms with E-state index in [0.29, 0.717) is 17.9 Å². The molecule has 0 aliphatic heterocycles. The number of nitrogen functional groups attached to an aromatic ring is 1. The van der Waals surface area contributed by atoms with E-state index in [2.05, 4.69) is 31.7 Å². The van der Waals surface area contributed by atoms with Crippen molar-refractivity contribution in [2.45, 2.75) is 6.54 Å². The van der Waals surface area contributed by atoms with Crippen molar-refractivity contribution in [1.82, 2.24) is 10.3 Å². The van der Waals surface area contributed by atoms with Crippen molar-refractivity contribution in [1.29, 1.82) is 0 Å². The summed E-state index contributed by atoms with van der Waals surface area (Å²) in [5.41, 5.74) is 3.74. The van der Waals surface area contributed by atoms with Crippen LogP contribution >= 0.6 is 27.5 Å². The van der Waals surface area contributed by atoms with Gasteiger partial charge in [0, 0.05) is 16.6 Å². The van der Waals surface area contributed by atoms with E-state index >= 15 is 0 Å². The molecule has 20 heavy (non-hydrogen) atoms. The molecule has 0 aliphatic carbocycles. The van der Waals surface area contributed by atoms with Gasteiger partial charge in [-0.05, 0) is 23.8 Å². The van der Waals surface area contributed by atoms with Gasteiger partial charge in [-0.2, -0.15) is 0 Å². The van der Waals surface area contributed by atoms with Crippen LogP contribution in [0.25, 0.3) is 0 Å². The maximum Gasteiger partial charge on any atom is 0.251 e. The third-order valence-corrected chi connectivity index (χ3v) is 3.57. The number of anilines is 1. The van der Waals surface area contributed by atoms with Crippen molar-refractivity contribution in [3.63, 3.8) is 0 Å². The quantitative estimate of drug-likeness (QED) is 0.447. The van der Waals surface area contributed by atoms with Gasteiger partial charge in [-0.15, -0.1) is 0 Å². The predicted octanol–water partition coefficient (Wildman–Crippen LogP) is 2.71. The first-order valence-electron chi connectivity index (χ1n) is 5.76. The van der Waals surface area contributed by atoms with Gasteiger partial charge in [-0.1, -0.05) is 45.7 Å². The minimum atomic E-state index is -0.249. The van der Waals surface area contributed by atoms with Crippen LogP contribution in [0.3, 0.4) is 0 Å². The second-order valence-electron chi connectivity index (χ2n) is 3.98. The third-order valence-electron chi connectivity index (χ3n) is 2.60. The zero-order chi connectivity index (χ0) is 14.5. The molecule has 1 heterocycles. The molecule has 104 valence electrons. The molecular formula is C13H12BrClN4O. The Morgan fingerprint density at radius 1 is 1.35 bits per heavy atom. The Hall–Kier alpha value is -1.63. The molecule has 4 N–H and O–H groups in total. The van der Waals surface area contributed by atoms with Crippen LogP contribution in [-0.4, -0.2) is 10.9 Å². The molecule has 0 unspecified atom stereocenters. The Morgan fingerprint density at radius 2 is 2.10 bits per heavy atom. The van der Waals surface area contributed by atoms with E-state index in [1.54, 1.807) is 0 Å². The average molecular weight is 356 g/mol. The molecule has 1 aromatic heterocycles. The number of hydrogen-bond donors (Lipinski definition) is 3. The molecule has 0 radical (unpaired) electrons. The van der Waals surface area contributed by atoms with E-state index in [-0.39, 0.29) is 11.1 Å². The van der Waals surface area contributed by atoms with Crippen LogP contribution in [0, 0.1) is 0 Å². The minimum Gasteiger partial charge on any atom is -0.348 e. The maximum absolute atomic E-state index is 12.1. The molecule has 1 amide bonds. The first kappa shape index (κ1) is 14.8. The number of hydrogen-bond acceptors (Lipinski definition) is 4. The number of carbonyl (C=O) groups is 1. The fourth-order valence-corrected chi connectivity index (χ4v) is 2.25. The van der Waals surface area contributed by atoms with E-state index in [1.165, 1.54) is 12.1 Å². The van der Waals surface area contributed by atoms with Crippen molar-refractivity contribution in [3.05, 3.63) is 57.2 Å². The highest BCUT2D eigenvalue weighted by molar-refractivity contribution is 9.10. The van der Waals surface area contributed by atoms with E-state index < -0.39 is 0 Å². The lowest BCUT2D eigenvalue weighted by Crippen LogP contribution is -2.23. The van der Waals surface area contributed by atoms with Gasteiger partial charge in [0.2, 0.25) is 0 Å². The van der Waals surface area contributed by atoms with Gasteiger partial charge in [0.05, 0.1) is 0 Å². The second-order valence-corrected chi connectivity index (χ2v) is 5.22. The normalized spacial score (nSPS) is 10.2. The molecule has 0 saturated heterocycles. The van der Waals surface area contributed by atoms with Gasteiger partial charge < -0.3 is 10.7 Å². The Balaban J connectivity index is 2.09. The van der Waals surface area contributed by atoms with Gasteiger partial charge in [0.15, 0.2) is 0 Å². The fraction of sp³-hybridized carbons (Fsp3) is 0.0769. The van der Waals surface area contributed by atoms with Crippen molar-refractivity contribution >= 4 is 39.3 Å². The first-order chi connectivity index (χ1) is 9.60. The summed E-state index contributed by atoms with van der Waals surface area (Å²) < 4.78 is 0.942. The van der Waals surface area contributed by atoms with Crippen LogP contribution in [0.2, 0.25) is 5.15 Å². The van der Waals surface area contributed by atoms with Crippen LogP contribution in [-0.2, 0) is 6.54 Å². The summed E-state index contributed by atoms with van der Waals surface area (Å²) >= 11 is 9.25. The van der Waals surface area contributed by atoms with Crippen LogP contribution in [0.4, 0.5) is 5.82 Å². The van der Waals surface area contributed by atoms with Gasteiger partial charge >= 0.3 is 0 Å². The predicted molar refractivity (Wildman–Crippen MR) is 82.4 cm³/mol. The van der Waals surface area contributed by atoms with Gasteiger partial charge in [-0.3, -0.25) is 4.79 Å². The number of nitrogens with two attached hydrogens (primary N) is 1. The van der Waals surface area contributed by atoms with Crippen LogP contribution in [0.5, 0.6) is 0 Å². The van der Waals surface area contributed by atoms with Crippen molar-refractivity contribution in [2.24, 2.45) is 5.84 Å². The minimum absolute atomic E-state index is 0.200. The molecule has 2 aromatic rings. The lowest BCUT2D eigenvalue weighted by molar-refractivity contribution is 0.0951. The number of pyridine rings is 1. The zero-order valence-corrected chi connectivity index (χ0v) is 12.7. The molecule has 5 nitrogen and oxygen atoms in total. The van der Waals surface area contributed by atoms with Crippen LogP contribution in [0.1, 0.15) is 15.9 Å². The number of nitrogens with zero attached hydrogens (tertiary/aromatic N) is 1. The van der Waals surface area contributed by atoms with Gasteiger partial charge in [0.25, 0.3) is 5.91 Å². The third kappa shape index (κ3) is 3.69. The van der Waals surface area contributed by atoms with Crippen molar-refractivity contribution < 1.29 is 4.79 Å². The molecular weight excluding hydrogens is 344 g/mol. The Bertz CT molecular complexity index is 636. The number of amides is 1. The van der Waals surface area contributed by atoms with Crippen molar-refractivity contribution in [3.8, 4) is 0 Å². The second kappa shape index (κ2) is 6.69. The Labute approximate surface area is 129 Å². The molecule has 0 bridgehead atoms. The number of halogens is 2. The van der Waals surface area contributed by atoms with E-state index in [4.69, 9.17) is 17.4 Å². The number of hydrazine groups is 1. The fourth-order valence-electron chi connectivity index (χ4n) is 1.62. The highest BCUT2D eigenvalue weighted by Crippen LogP contribution is 2.16. The van der Waals surface area contributed by atoms with Crippen molar-refractivity contribution in [2.75, 3.05) is 5.43 Å². The summed E-state index contributed by atoms with van der Waals surface area (Å²) in [6.07, 6.45) is 0. The van der Waals surface area contributed by atoms with E-state index in [1.807, 2.05) is 24.3 Å². The maximum atomic E-state index is 12.1. The molecule has 0 saturated carbocycles. The number of benzene rings is 1. The number of aromatic nitrogens is 1. The topological polar surface area (TPSA) is 80.0 Å². The SMILES string of the molecule is NNc1cc(C(=O)NCc2ccccc2Br)cc(Cl)n1. The highest BCUT2D eigenvalue weighted by Gasteiger charge is 2.09. The molecule has 1 aromatic carbocycles. The van der Waals surface area contributed by atoms with Crippen LogP contribution in [0.15, 0.2) is 40.9 Å². The average Bonchev–Trinajstić information content (AvgIpc) is 2.45. The highest BCUT2D eigenvalue weighted by atomic mass is 79.9. The van der Waals surface area contributed by atoms with E-state index in [0.717, 1.165) is 10.0 Å². The largest absolute Gasteiger partial charge is 0.348 e. The molecule has 7 heteroatoms. The number of nitrogens with one attached hydrogen (secondary N) is 2. The zero-order valence-electron chi connectivity index (χ0n) is 10.4. The number of rotatable bonds is 4. The summed E-state index contributed by atoms with van der Waals surface area (Å²) in [6, 6.07) is 10.7. The molecule has 0 aliphatic rings. The van der Waals surface area contributed by atoms with Gasteiger partial charge in [-0.25, -0.2) is 10.8 Å². The summed E-state index contributed by atoms with van der Waals surface area (Å²) in [5, 5.41) is 3.01. The van der Waals surface area contributed by atoms with Gasteiger partial charge in [0.1, 0.15) is 11.0 Å². The Morgan fingerprint density at radius 3 is 2.80 bits per heavy atom. The summed E-state index contributed by atoms with van der Waals surface area (Å²) in [4.78, 5) is 16.0. The smallest absolute Gasteiger partial charge is 0.251 e. The lowest BCUT2D eigenvalue weighted by Gasteiger charge is -2.08. The molecule has 2 rings (SSSR count). The molecule has 0 atom stereocenters. The summed E-state index contributed by atoms with van der Waals surface area (Å²) in [5.74, 6) is 5.35. The lowest BCUT2D eigenvalue weighted by atomic mass is 10.2. The summed E-state index contributed by atoms with van der Waals surface area (Å²) in [7, 11) is 0. The summed E-state index contributed by atoms with van der Waals surface area (Å²) in [6.45, 7) is 0.408. The first-order valence-corrected chi connectivity index (χ1v) is 6.93. The molecule has 0 spiro atoms. The molecule has 0 fully saturated rings. The van der Waals surface area contributed by atoms with Crippen LogP contribution < -0.4 is 16.6 Å². The number of carbonyl (C=O) groups excluding carboxylic acids is 1. The standard InChI is InChI=1S/C13H12BrClN4O/c14-10-4-2-1-3-8(10)7-17-13(20)9-5-11(15)18-12(6-9)19-16/h1-6H,7,16H2,(H,17,20)(H,18,19).